The van der Waals surface area contributed by atoms with Gasteiger partial charge in [-0.05, 0) is 31.1 Å². The lowest BCUT2D eigenvalue weighted by Gasteiger charge is -2.42. The minimum atomic E-state index is -3.19. The third kappa shape index (κ3) is 3.70. The molecule has 0 amide bonds. The lowest BCUT2D eigenvalue weighted by Crippen LogP contribution is -2.59. The normalized spacial score (nSPS) is 33.1. The van der Waals surface area contributed by atoms with Crippen LogP contribution in [0, 0.1) is 11.8 Å². The standard InChI is InChI=1S/C14H28N2O2S/c1-12-5-2-3-9-14(12,11-15)16-19(17,18)10-8-13-6-4-7-13/h12-13,16H,2-11,15H2,1H3. The fourth-order valence-electron chi connectivity index (χ4n) is 3.37. The van der Waals surface area contributed by atoms with Crippen molar-refractivity contribution in [2.75, 3.05) is 12.3 Å². The van der Waals surface area contributed by atoms with E-state index in [-0.39, 0.29) is 5.75 Å². The van der Waals surface area contributed by atoms with Crippen LogP contribution in [0.3, 0.4) is 0 Å². The van der Waals surface area contributed by atoms with Crippen LogP contribution in [-0.2, 0) is 10.0 Å². The van der Waals surface area contributed by atoms with E-state index in [4.69, 9.17) is 5.73 Å². The molecule has 2 fully saturated rings. The monoisotopic (exact) mass is 288 g/mol. The second-order valence-corrected chi connectivity index (χ2v) is 8.36. The second-order valence-electron chi connectivity index (χ2n) is 6.51. The Morgan fingerprint density at radius 1 is 1.21 bits per heavy atom. The van der Waals surface area contributed by atoms with Crippen molar-refractivity contribution in [3.8, 4) is 0 Å². The number of nitrogens with two attached hydrogens (primary N) is 1. The highest BCUT2D eigenvalue weighted by molar-refractivity contribution is 7.89. The summed E-state index contributed by atoms with van der Waals surface area (Å²) in [6, 6.07) is 0. The van der Waals surface area contributed by atoms with Gasteiger partial charge in [0.1, 0.15) is 0 Å². The van der Waals surface area contributed by atoms with Gasteiger partial charge in [-0.25, -0.2) is 13.1 Å². The lowest BCUT2D eigenvalue weighted by atomic mass is 9.74. The summed E-state index contributed by atoms with van der Waals surface area (Å²) in [7, 11) is -3.19. The van der Waals surface area contributed by atoms with Crippen LogP contribution >= 0.6 is 0 Å². The summed E-state index contributed by atoms with van der Waals surface area (Å²) in [6.07, 6.45) is 8.70. The molecule has 2 aliphatic rings. The van der Waals surface area contributed by atoms with Crippen LogP contribution in [0.15, 0.2) is 0 Å². The van der Waals surface area contributed by atoms with Crippen molar-refractivity contribution in [2.24, 2.45) is 17.6 Å². The summed E-state index contributed by atoms with van der Waals surface area (Å²) in [4.78, 5) is 0. The van der Waals surface area contributed by atoms with Gasteiger partial charge in [0.25, 0.3) is 0 Å². The molecule has 2 saturated carbocycles. The van der Waals surface area contributed by atoms with Crippen molar-refractivity contribution in [1.82, 2.24) is 4.72 Å². The van der Waals surface area contributed by atoms with E-state index in [1.165, 1.54) is 25.7 Å². The van der Waals surface area contributed by atoms with E-state index in [0.717, 1.165) is 25.7 Å². The molecule has 0 heterocycles. The molecule has 5 heteroatoms. The maximum atomic E-state index is 12.3. The predicted molar refractivity (Wildman–Crippen MR) is 78.3 cm³/mol. The van der Waals surface area contributed by atoms with Gasteiger partial charge in [0.2, 0.25) is 10.0 Å². The molecule has 2 aliphatic carbocycles. The SMILES string of the molecule is CC1CCCCC1(CN)NS(=O)(=O)CCC1CCC1. The zero-order valence-electron chi connectivity index (χ0n) is 12.0. The van der Waals surface area contributed by atoms with E-state index in [1.54, 1.807) is 0 Å². The van der Waals surface area contributed by atoms with E-state index in [1.807, 2.05) is 0 Å². The first kappa shape index (κ1) is 15.3. The molecular formula is C14H28N2O2S. The van der Waals surface area contributed by atoms with Crippen LogP contribution in [-0.4, -0.2) is 26.3 Å². The summed E-state index contributed by atoms with van der Waals surface area (Å²) in [6.45, 7) is 2.54. The number of nitrogens with one attached hydrogen (secondary N) is 1. The first-order chi connectivity index (χ1) is 8.97. The van der Waals surface area contributed by atoms with Crippen molar-refractivity contribution in [1.29, 1.82) is 0 Å². The Morgan fingerprint density at radius 2 is 1.95 bits per heavy atom. The van der Waals surface area contributed by atoms with Crippen molar-refractivity contribution < 1.29 is 8.42 Å². The van der Waals surface area contributed by atoms with Crippen LogP contribution in [0.2, 0.25) is 0 Å². The zero-order chi connectivity index (χ0) is 13.9. The van der Waals surface area contributed by atoms with Crippen molar-refractivity contribution in [3.63, 3.8) is 0 Å². The molecule has 112 valence electrons. The quantitative estimate of drug-likeness (QED) is 0.785. The van der Waals surface area contributed by atoms with Crippen LogP contribution < -0.4 is 10.5 Å². The smallest absolute Gasteiger partial charge is 0.212 e. The van der Waals surface area contributed by atoms with Crippen LogP contribution in [0.25, 0.3) is 0 Å². The Morgan fingerprint density at radius 3 is 2.47 bits per heavy atom. The molecule has 2 unspecified atom stereocenters. The van der Waals surface area contributed by atoms with Crippen molar-refractivity contribution >= 4 is 10.0 Å². The first-order valence-electron chi connectivity index (χ1n) is 7.69. The summed E-state index contributed by atoms with van der Waals surface area (Å²) in [5.41, 5.74) is 5.51. The Kier molecular flexibility index (Phi) is 4.90. The van der Waals surface area contributed by atoms with E-state index in [0.29, 0.717) is 18.4 Å². The van der Waals surface area contributed by atoms with E-state index >= 15 is 0 Å². The summed E-state index contributed by atoms with van der Waals surface area (Å²) in [5.74, 6) is 1.24. The maximum absolute atomic E-state index is 12.3. The number of rotatable bonds is 6. The van der Waals surface area contributed by atoms with Gasteiger partial charge in [-0.15, -0.1) is 0 Å². The molecule has 19 heavy (non-hydrogen) atoms. The number of hydrogen-bond donors (Lipinski definition) is 2. The van der Waals surface area contributed by atoms with Gasteiger partial charge in [-0.1, -0.05) is 39.0 Å². The lowest BCUT2D eigenvalue weighted by molar-refractivity contribution is 0.191. The molecule has 2 rings (SSSR count). The highest BCUT2D eigenvalue weighted by Crippen LogP contribution is 2.34. The van der Waals surface area contributed by atoms with Gasteiger partial charge >= 0.3 is 0 Å². The van der Waals surface area contributed by atoms with Gasteiger partial charge in [-0.3, -0.25) is 0 Å². The van der Waals surface area contributed by atoms with Gasteiger partial charge in [0.15, 0.2) is 0 Å². The fourth-order valence-corrected chi connectivity index (χ4v) is 5.13. The van der Waals surface area contributed by atoms with Crippen LogP contribution in [0.4, 0.5) is 0 Å². The van der Waals surface area contributed by atoms with Crippen molar-refractivity contribution in [2.45, 2.75) is 63.8 Å². The summed E-state index contributed by atoms with van der Waals surface area (Å²) >= 11 is 0. The largest absolute Gasteiger partial charge is 0.329 e. The maximum Gasteiger partial charge on any atom is 0.212 e. The summed E-state index contributed by atoms with van der Waals surface area (Å²) < 4.78 is 27.5. The number of sulfonamides is 1. The highest BCUT2D eigenvalue weighted by atomic mass is 32.2. The molecule has 0 aromatic heterocycles. The van der Waals surface area contributed by atoms with Gasteiger partial charge in [0, 0.05) is 12.1 Å². The molecule has 0 bridgehead atoms. The third-order valence-corrected chi connectivity index (χ3v) is 6.69. The third-order valence-electron chi connectivity index (χ3n) is 5.20. The molecule has 0 spiro atoms. The van der Waals surface area contributed by atoms with Gasteiger partial charge in [-0.2, -0.15) is 0 Å². The molecular weight excluding hydrogens is 260 g/mol. The molecule has 0 aromatic rings. The Hall–Kier alpha value is -0.130. The molecule has 0 aliphatic heterocycles. The number of hydrogen-bond acceptors (Lipinski definition) is 3. The van der Waals surface area contributed by atoms with E-state index in [9.17, 15) is 8.42 Å². The highest BCUT2D eigenvalue weighted by Gasteiger charge is 2.40. The van der Waals surface area contributed by atoms with Gasteiger partial charge < -0.3 is 5.73 Å². The van der Waals surface area contributed by atoms with Gasteiger partial charge in [0.05, 0.1) is 5.75 Å². The Balaban J connectivity index is 1.95. The topological polar surface area (TPSA) is 72.2 Å². The van der Waals surface area contributed by atoms with Crippen molar-refractivity contribution in [3.05, 3.63) is 0 Å². The predicted octanol–water partition coefficient (Wildman–Crippen LogP) is 2.00. The van der Waals surface area contributed by atoms with E-state index < -0.39 is 15.6 Å². The van der Waals surface area contributed by atoms with Crippen LogP contribution in [0.1, 0.15) is 58.3 Å². The Labute approximate surface area is 117 Å². The fraction of sp³-hybridized carbons (Fsp3) is 1.00. The Bertz CT molecular complexity index is 392. The molecule has 3 N–H and O–H groups in total. The molecule has 2 atom stereocenters. The summed E-state index contributed by atoms with van der Waals surface area (Å²) in [5, 5.41) is 0. The van der Waals surface area contributed by atoms with E-state index in [2.05, 4.69) is 11.6 Å². The average Bonchev–Trinajstić information content (AvgIpc) is 2.30. The molecule has 0 radical (unpaired) electrons. The average molecular weight is 288 g/mol. The molecule has 0 aromatic carbocycles. The first-order valence-corrected chi connectivity index (χ1v) is 9.34. The molecule has 4 nitrogen and oxygen atoms in total. The minimum Gasteiger partial charge on any atom is -0.329 e. The minimum absolute atomic E-state index is 0.270. The second kappa shape index (κ2) is 6.10. The van der Waals surface area contributed by atoms with Crippen LogP contribution in [0.5, 0.6) is 0 Å². The zero-order valence-corrected chi connectivity index (χ0v) is 12.8. The molecule has 0 saturated heterocycles.